The Kier molecular flexibility index (Phi) is 5.82. The van der Waals surface area contributed by atoms with Gasteiger partial charge in [0.2, 0.25) is 5.91 Å². The zero-order valence-electron chi connectivity index (χ0n) is 9.89. The fourth-order valence-electron chi connectivity index (χ4n) is 1.35. The summed E-state index contributed by atoms with van der Waals surface area (Å²) < 4.78 is 0. The van der Waals surface area contributed by atoms with Crippen LogP contribution in [0.4, 0.5) is 0 Å². The highest BCUT2D eigenvalue weighted by molar-refractivity contribution is 8.00. The van der Waals surface area contributed by atoms with Gasteiger partial charge in [-0.3, -0.25) is 4.79 Å². The lowest BCUT2D eigenvalue weighted by molar-refractivity contribution is -0.129. The van der Waals surface area contributed by atoms with Gasteiger partial charge in [0.25, 0.3) is 0 Å². The minimum atomic E-state index is -0.216. The van der Waals surface area contributed by atoms with Crippen molar-refractivity contribution in [3.05, 3.63) is 29.3 Å². The number of halogens is 1. The van der Waals surface area contributed by atoms with Crippen LogP contribution in [0, 0.1) is 0 Å². The molecule has 1 aromatic carbocycles. The monoisotopic (exact) mass is 273 g/mol. The van der Waals surface area contributed by atoms with Crippen molar-refractivity contribution in [2.24, 2.45) is 0 Å². The first-order chi connectivity index (χ1) is 8.06. The predicted molar refractivity (Wildman–Crippen MR) is 71.5 cm³/mol. The molecule has 0 aromatic heterocycles. The molecule has 17 heavy (non-hydrogen) atoms. The van der Waals surface area contributed by atoms with Crippen molar-refractivity contribution in [1.82, 2.24) is 4.90 Å². The van der Waals surface area contributed by atoms with Crippen LogP contribution >= 0.6 is 23.4 Å². The highest BCUT2D eigenvalue weighted by Crippen LogP contribution is 2.30. The molecule has 1 N–H and O–H groups in total. The van der Waals surface area contributed by atoms with E-state index in [1.807, 2.05) is 25.1 Å². The third-order valence-corrected chi connectivity index (χ3v) is 3.91. The average molecular weight is 274 g/mol. The van der Waals surface area contributed by atoms with Gasteiger partial charge in [0.1, 0.15) is 0 Å². The zero-order chi connectivity index (χ0) is 12.8. The number of carbonyl (C=O) groups excluding carboxylic acids is 1. The number of hydrogen-bond acceptors (Lipinski definition) is 3. The van der Waals surface area contributed by atoms with Crippen molar-refractivity contribution in [2.75, 3.05) is 20.2 Å². The smallest absolute Gasteiger partial charge is 0.235 e. The van der Waals surface area contributed by atoms with Gasteiger partial charge in [0, 0.05) is 18.5 Å². The van der Waals surface area contributed by atoms with Crippen LogP contribution in [0.25, 0.3) is 0 Å². The van der Waals surface area contributed by atoms with E-state index < -0.39 is 0 Å². The molecule has 0 bridgehead atoms. The molecule has 1 rings (SSSR count). The van der Waals surface area contributed by atoms with E-state index in [1.54, 1.807) is 13.1 Å². The van der Waals surface area contributed by atoms with E-state index in [9.17, 15) is 4.79 Å². The molecule has 3 nitrogen and oxygen atoms in total. The maximum Gasteiger partial charge on any atom is 0.235 e. The van der Waals surface area contributed by atoms with Gasteiger partial charge in [-0.05, 0) is 19.1 Å². The minimum Gasteiger partial charge on any atom is -0.395 e. The van der Waals surface area contributed by atoms with E-state index in [1.165, 1.54) is 16.7 Å². The molecule has 1 atom stereocenters. The molecular formula is C12H16ClNO2S. The van der Waals surface area contributed by atoms with Gasteiger partial charge in [0.15, 0.2) is 0 Å². The lowest BCUT2D eigenvalue weighted by Gasteiger charge is -2.20. The van der Waals surface area contributed by atoms with Gasteiger partial charge in [0.05, 0.1) is 16.9 Å². The summed E-state index contributed by atoms with van der Waals surface area (Å²) in [6.07, 6.45) is 0. The van der Waals surface area contributed by atoms with E-state index in [2.05, 4.69) is 0 Å². The molecule has 0 saturated heterocycles. The molecule has 0 heterocycles. The average Bonchev–Trinajstić information content (AvgIpc) is 2.31. The fourth-order valence-corrected chi connectivity index (χ4v) is 2.62. The molecule has 0 aliphatic carbocycles. The van der Waals surface area contributed by atoms with Crippen molar-refractivity contribution in [2.45, 2.75) is 17.1 Å². The Bertz CT molecular complexity index is 387. The molecule has 0 aliphatic heterocycles. The number of aliphatic hydroxyl groups is 1. The third kappa shape index (κ3) is 4.22. The number of carbonyl (C=O) groups is 1. The maximum atomic E-state index is 11.9. The van der Waals surface area contributed by atoms with E-state index in [0.29, 0.717) is 11.6 Å². The fraction of sp³-hybridized carbons (Fsp3) is 0.417. The van der Waals surface area contributed by atoms with Gasteiger partial charge < -0.3 is 10.0 Å². The highest BCUT2D eigenvalue weighted by atomic mass is 35.5. The van der Waals surface area contributed by atoms with Crippen molar-refractivity contribution in [3.63, 3.8) is 0 Å². The summed E-state index contributed by atoms with van der Waals surface area (Å²) in [6.45, 7) is 2.17. The summed E-state index contributed by atoms with van der Waals surface area (Å²) in [5.41, 5.74) is 0. The van der Waals surface area contributed by atoms with E-state index >= 15 is 0 Å². The van der Waals surface area contributed by atoms with Crippen molar-refractivity contribution in [1.29, 1.82) is 0 Å². The number of amides is 1. The van der Waals surface area contributed by atoms with Gasteiger partial charge in [-0.25, -0.2) is 0 Å². The van der Waals surface area contributed by atoms with Crippen LogP contribution < -0.4 is 0 Å². The van der Waals surface area contributed by atoms with Crippen molar-refractivity contribution < 1.29 is 9.90 Å². The first-order valence-corrected chi connectivity index (χ1v) is 6.59. The number of thioether (sulfide) groups is 1. The highest BCUT2D eigenvalue weighted by Gasteiger charge is 2.18. The lowest BCUT2D eigenvalue weighted by Crippen LogP contribution is -2.35. The molecule has 0 radical (unpaired) electrons. The van der Waals surface area contributed by atoms with Crippen molar-refractivity contribution >= 4 is 29.3 Å². The van der Waals surface area contributed by atoms with Crippen LogP contribution in [-0.4, -0.2) is 41.4 Å². The number of aliphatic hydroxyl groups excluding tert-OH is 1. The van der Waals surface area contributed by atoms with Crippen LogP contribution in [0.3, 0.4) is 0 Å². The van der Waals surface area contributed by atoms with Gasteiger partial charge >= 0.3 is 0 Å². The summed E-state index contributed by atoms with van der Waals surface area (Å²) in [7, 11) is 1.68. The Morgan fingerprint density at radius 1 is 1.53 bits per heavy atom. The Labute approximate surface area is 111 Å². The molecule has 1 aromatic rings. The van der Waals surface area contributed by atoms with Crippen LogP contribution in [0.1, 0.15) is 6.92 Å². The normalized spacial score (nSPS) is 12.2. The van der Waals surface area contributed by atoms with Crippen LogP contribution in [-0.2, 0) is 4.79 Å². The quantitative estimate of drug-likeness (QED) is 0.837. The second-order valence-electron chi connectivity index (χ2n) is 3.67. The Balaban J connectivity index is 2.63. The first-order valence-electron chi connectivity index (χ1n) is 5.33. The molecule has 0 fully saturated rings. The summed E-state index contributed by atoms with van der Waals surface area (Å²) in [5.74, 6) is -0.0102. The SMILES string of the molecule is CC(Sc1ccccc1Cl)C(=O)N(C)CCO. The number of nitrogens with zero attached hydrogens (tertiary/aromatic N) is 1. The van der Waals surface area contributed by atoms with E-state index in [0.717, 1.165) is 4.90 Å². The summed E-state index contributed by atoms with van der Waals surface area (Å²) in [4.78, 5) is 14.3. The molecule has 0 aliphatic rings. The topological polar surface area (TPSA) is 40.5 Å². The third-order valence-electron chi connectivity index (χ3n) is 2.30. The van der Waals surface area contributed by atoms with Crippen LogP contribution in [0.15, 0.2) is 29.2 Å². The van der Waals surface area contributed by atoms with Gasteiger partial charge in [-0.2, -0.15) is 0 Å². The minimum absolute atomic E-state index is 0.0102. The van der Waals surface area contributed by atoms with E-state index in [-0.39, 0.29) is 17.8 Å². The number of likely N-dealkylation sites (N-methyl/N-ethyl adjacent to an activating group) is 1. The molecule has 1 unspecified atom stereocenters. The van der Waals surface area contributed by atoms with Crippen molar-refractivity contribution in [3.8, 4) is 0 Å². The zero-order valence-corrected chi connectivity index (χ0v) is 11.5. The molecule has 5 heteroatoms. The largest absolute Gasteiger partial charge is 0.395 e. The molecule has 1 amide bonds. The molecular weight excluding hydrogens is 258 g/mol. The summed E-state index contributed by atoms with van der Waals surface area (Å²) in [5, 5.41) is 9.22. The maximum absolute atomic E-state index is 11.9. The van der Waals surface area contributed by atoms with Crippen LogP contribution in [0.5, 0.6) is 0 Å². The number of rotatable bonds is 5. The predicted octanol–water partition coefficient (Wildman–Crippen LogP) is 2.27. The lowest BCUT2D eigenvalue weighted by atomic mass is 10.4. The Morgan fingerprint density at radius 3 is 2.76 bits per heavy atom. The van der Waals surface area contributed by atoms with Gasteiger partial charge in [-0.1, -0.05) is 23.7 Å². The first kappa shape index (κ1) is 14.4. The summed E-state index contributed by atoms with van der Waals surface area (Å²) >= 11 is 7.46. The second-order valence-corrected chi connectivity index (χ2v) is 5.46. The Morgan fingerprint density at radius 2 is 2.18 bits per heavy atom. The Hall–Kier alpha value is -0.710. The molecule has 0 saturated carbocycles. The number of benzene rings is 1. The summed E-state index contributed by atoms with van der Waals surface area (Å²) in [6, 6.07) is 7.45. The molecule has 94 valence electrons. The van der Waals surface area contributed by atoms with Gasteiger partial charge in [-0.15, -0.1) is 11.8 Å². The van der Waals surface area contributed by atoms with E-state index in [4.69, 9.17) is 16.7 Å². The molecule has 0 spiro atoms. The standard InChI is InChI=1S/C12H16ClNO2S/c1-9(12(16)14(2)7-8-15)17-11-6-4-3-5-10(11)13/h3-6,9,15H,7-8H2,1-2H3. The second kappa shape index (κ2) is 6.89. The number of hydrogen-bond donors (Lipinski definition) is 1. The van der Waals surface area contributed by atoms with Crippen LogP contribution in [0.2, 0.25) is 5.02 Å².